The molecule has 4 nitrogen and oxygen atoms in total. The lowest BCUT2D eigenvalue weighted by Crippen LogP contribution is -2.25. The zero-order valence-corrected chi connectivity index (χ0v) is 12.4. The molecule has 2 aromatic heterocycles. The van der Waals surface area contributed by atoms with E-state index in [0.29, 0.717) is 23.3 Å². The number of benzene rings is 1. The van der Waals surface area contributed by atoms with E-state index in [2.05, 4.69) is 9.97 Å². The van der Waals surface area contributed by atoms with E-state index in [4.69, 9.17) is 11.6 Å². The highest BCUT2D eigenvalue weighted by molar-refractivity contribution is 7.11. The first-order valence-electron chi connectivity index (χ1n) is 6.15. The van der Waals surface area contributed by atoms with Gasteiger partial charge in [0.05, 0.1) is 23.3 Å². The molecule has 0 atom stereocenters. The third kappa shape index (κ3) is 2.34. The number of fused-ring (bicyclic) bond motifs is 1. The fourth-order valence-electron chi connectivity index (χ4n) is 2.09. The molecule has 0 aliphatic heterocycles. The van der Waals surface area contributed by atoms with Gasteiger partial charge in [0.25, 0.3) is 5.56 Å². The zero-order valence-electron chi connectivity index (χ0n) is 10.8. The Morgan fingerprint density at radius 3 is 2.85 bits per heavy atom. The minimum Gasteiger partial charge on any atom is -0.288 e. The average Bonchev–Trinajstić information content (AvgIpc) is 2.87. The molecule has 3 rings (SSSR count). The number of aryl methyl sites for hydroxylation is 1. The SMILES string of the molecule is Cc1cnc(Cn2c(CCl)nc3ccccc3c2=O)s1. The van der Waals surface area contributed by atoms with Crippen molar-refractivity contribution in [2.45, 2.75) is 19.3 Å². The monoisotopic (exact) mass is 305 g/mol. The van der Waals surface area contributed by atoms with Crippen LogP contribution in [0.1, 0.15) is 15.7 Å². The average molecular weight is 306 g/mol. The number of para-hydroxylation sites is 1. The summed E-state index contributed by atoms with van der Waals surface area (Å²) in [5.74, 6) is 0.771. The molecule has 0 aliphatic carbocycles. The van der Waals surface area contributed by atoms with Gasteiger partial charge in [-0.3, -0.25) is 9.36 Å². The van der Waals surface area contributed by atoms with Gasteiger partial charge in [0, 0.05) is 11.1 Å². The molecule has 0 saturated heterocycles. The van der Waals surface area contributed by atoms with Crippen LogP contribution in [-0.2, 0) is 12.4 Å². The highest BCUT2D eigenvalue weighted by Gasteiger charge is 2.11. The number of hydrogen-bond donors (Lipinski definition) is 0. The van der Waals surface area contributed by atoms with Crippen molar-refractivity contribution in [2.75, 3.05) is 0 Å². The van der Waals surface area contributed by atoms with Crippen molar-refractivity contribution in [3.63, 3.8) is 0 Å². The topological polar surface area (TPSA) is 47.8 Å². The van der Waals surface area contributed by atoms with Gasteiger partial charge >= 0.3 is 0 Å². The molecular weight excluding hydrogens is 294 g/mol. The van der Waals surface area contributed by atoms with Crippen LogP contribution in [0.2, 0.25) is 0 Å². The van der Waals surface area contributed by atoms with Crippen LogP contribution in [0.3, 0.4) is 0 Å². The number of halogens is 1. The summed E-state index contributed by atoms with van der Waals surface area (Å²) >= 11 is 7.51. The lowest BCUT2D eigenvalue weighted by Gasteiger charge is -2.10. The highest BCUT2D eigenvalue weighted by atomic mass is 35.5. The molecule has 102 valence electrons. The van der Waals surface area contributed by atoms with Gasteiger partial charge in [0.15, 0.2) is 0 Å². The van der Waals surface area contributed by atoms with E-state index in [-0.39, 0.29) is 11.4 Å². The predicted octanol–water partition coefficient (Wildman–Crippen LogP) is 2.95. The highest BCUT2D eigenvalue weighted by Crippen LogP contribution is 2.15. The zero-order chi connectivity index (χ0) is 14.1. The van der Waals surface area contributed by atoms with E-state index in [0.717, 1.165) is 9.88 Å². The summed E-state index contributed by atoms with van der Waals surface area (Å²) < 4.78 is 1.60. The molecule has 1 aromatic carbocycles. The normalized spacial score (nSPS) is 11.1. The molecule has 0 N–H and O–H groups in total. The largest absolute Gasteiger partial charge is 0.288 e. The van der Waals surface area contributed by atoms with Gasteiger partial charge < -0.3 is 0 Å². The quantitative estimate of drug-likeness (QED) is 0.699. The van der Waals surface area contributed by atoms with Crippen LogP contribution in [0.4, 0.5) is 0 Å². The summed E-state index contributed by atoms with van der Waals surface area (Å²) in [5.41, 5.74) is 0.610. The van der Waals surface area contributed by atoms with Crippen LogP contribution in [0.5, 0.6) is 0 Å². The number of rotatable bonds is 3. The summed E-state index contributed by atoms with van der Waals surface area (Å²) in [4.78, 5) is 22.4. The Morgan fingerprint density at radius 1 is 1.35 bits per heavy atom. The van der Waals surface area contributed by atoms with E-state index in [1.807, 2.05) is 25.1 Å². The van der Waals surface area contributed by atoms with Crippen LogP contribution in [-0.4, -0.2) is 14.5 Å². The van der Waals surface area contributed by atoms with E-state index in [9.17, 15) is 4.79 Å². The van der Waals surface area contributed by atoms with Gasteiger partial charge in [-0.2, -0.15) is 0 Å². The Hall–Kier alpha value is -1.72. The smallest absolute Gasteiger partial charge is 0.261 e. The maximum absolute atomic E-state index is 12.6. The first-order valence-corrected chi connectivity index (χ1v) is 7.50. The molecule has 3 aromatic rings. The Bertz CT molecular complexity index is 825. The van der Waals surface area contributed by atoms with Crippen molar-refractivity contribution in [1.82, 2.24) is 14.5 Å². The van der Waals surface area contributed by atoms with Crippen LogP contribution < -0.4 is 5.56 Å². The third-order valence-corrected chi connectivity index (χ3v) is 4.16. The molecule has 0 bridgehead atoms. The van der Waals surface area contributed by atoms with Crippen molar-refractivity contribution in [3.05, 3.63) is 56.5 Å². The van der Waals surface area contributed by atoms with Gasteiger partial charge in [-0.1, -0.05) is 12.1 Å². The van der Waals surface area contributed by atoms with Crippen molar-refractivity contribution in [1.29, 1.82) is 0 Å². The predicted molar refractivity (Wildman–Crippen MR) is 81.5 cm³/mol. The molecule has 0 saturated carbocycles. The second-order valence-corrected chi connectivity index (χ2v) is 6.02. The van der Waals surface area contributed by atoms with E-state index < -0.39 is 0 Å². The van der Waals surface area contributed by atoms with Crippen molar-refractivity contribution in [3.8, 4) is 0 Å². The second kappa shape index (κ2) is 5.34. The van der Waals surface area contributed by atoms with Gasteiger partial charge in [0.1, 0.15) is 10.8 Å². The maximum Gasteiger partial charge on any atom is 0.261 e. The van der Waals surface area contributed by atoms with Gasteiger partial charge in [-0.05, 0) is 19.1 Å². The molecule has 6 heteroatoms. The minimum atomic E-state index is -0.0703. The number of aromatic nitrogens is 3. The van der Waals surface area contributed by atoms with Crippen molar-refractivity contribution < 1.29 is 0 Å². The fourth-order valence-corrected chi connectivity index (χ4v) is 3.07. The molecule has 0 fully saturated rings. The van der Waals surface area contributed by atoms with E-state index in [1.54, 1.807) is 28.2 Å². The fraction of sp³-hybridized carbons (Fsp3) is 0.214. The maximum atomic E-state index is 12.6. The Labute approximate surface area is 124 Å². The van der Waals surface area contributed by atoms with Crippen LogP contribution in [0.25, 0.3) is 10.9 Å². The third-order valence-electron chi connectivity index (χ3n) is 3.02. The molecule has 2 heterocycles. The summed E-state index contributed by atoms with van der Waals surface area (Å²) in [7, 11) is 0. The van der Waals surface area contributed by atoms with Gasteiger partial charge in [-0.15, -0.1) is 22.9 Å². The lowest BCUT2D eigenvalue weighted by atomic mass is 10.2. The first kappa shape index (κ1) is 13.3. The van der Waals surface area contributed by atoms with Crippen LogP contribution in [0.15, 0.2) is 35.3 Å². The molecule has 0 spiro atoms. The van der Waals surface area contributed by atoms with Gasteiger partial charge in [-0.25, -0.2) is 9.97 Å². The van der Waals surface area contributed by atoms with Gasteiger partial charge in [0.2, 0.25) is 0 Å². The Kier molecular flexibility index (Phi) is 3.54. The molecular formula is C14H12ClN3OS. The van der Waals surface area contributed by atoms with Crippen LogP contribution >= 0.6 is 22.9 Å². The molecule has 0 unspecified atom stereocenters. The summed E-state index contributed by atoms with van der Waals surface area (Å²) in [5, 5.41) is 1.49. The minimum absolute atomic E-state index is 0.0703. The van der Waals surface area contributed by atoms with Crippen molar-refractivity contribution in [2.24, 2.45) is 0 Å². The first-order chi connectivity index (χ1) is 9.69. The molecule has 0 amide bonds. The van der Waals surface area contributed by atoms with E-state index in [1.165, 1.54) is 0 Å². The summed E-state index contributed by atoms with van der Waals surface area (Å²) in [6.07, 6.45) is 1.81. The Morgan fingerprint density at radius 2 is 2.15 bits per heavy atom. The Balaban J connectivity index is 2.18. The van der Waals surface area contributed by atoms with Crippen LogP contribution in [0, 0.1) is 6.92 Å². The second-order valence-electron chi connectivity index (χ2n) is 4.43. The lowest BCUT2D eigenvalue weighted by molar-refractivity contribution is 0.703. The summed E-state index contributed by atoms with van der Waals surface area (Å²) in [6, 6.07) is 7.31. The molecule has 0 aliphatic rings. The molecule has 0 radical (unpaired) electrons. The standard InChI is InChI=1S/C14H12ClN3OS/c1-9-7-16-13(20-9)8-18-12(6-15)17-11-5-3-2-4-10(11)14(18)19/h2-5,7H,6,8H2,1H3. The number of alkyl halides is 1. The van der Waals surface area contributed by atoms with E-state index >= 15 is 0 Å². The number of nitrogens with zero attached hydrogens (tertiary/aromatic N) is 3. The molecule has 20 heavy (non-hydrogen) atoms. The van der Waals surface area contributed by atoms with Crippen molar-refractivity contribution >= 4 is 33.8 Å². The number of thiazole rings is 1. The number of hydrogen-bond acceptors (Lipinski definition) is 4. The summed E-state index contributed by atoms with van der Waals surface area (Å²) in [6.45, 7) is 2.41.